The summed E-state index contributed by atoms with van der Waals surface area (Å²) in [6.07, 6.45) is 0.137. The molecule has 1 saturated heterocycles. The predicted octanol–water partition coefficient (Wildman–Crippen LogP) is 3.46. The lowest BCUT2D eigenvalue weighted by Gasteiger charge is -2.21. The fraction of sp³-hybridized carbons (Fsp3) is 0.286. The van der Waals surface area contributed by atoms with Crippen molar-refractivity contribution in [3.05, 3.63) is 59.2 Å². The van der Waals surface area contributed by atoms with Crippen LogP contribution in [0, 0.1) is 19.8 Å². The lowest BCUT2D eigenvalue weighted by Crippen LogP contribution is -2.28. The Hall–Kier alpha value is -2.95. The molecule has 2 aromatic rings. The monoisotopic (exact) mass is 351 g/mol. The van der Waals surface area contributed by atoms with Crippen LogP contribution in [-0.4, -0.2) is 24.2 Å². The minimum absolute atomic E-state index is 0.0477. The Balaban J connectivity index is 1.72. The number of ketones is 1. The third kappa shape index (κ3) is 3.52. The van der Waals surface area contributed by atoms with Gasteiger partial charge in [-0.3, -0.25) is 14.4 Å². The molecule has 1 fully saturated rings. The van der Waals surface area contributed by atoms with Gasteiger partial charge in [0, 0.05) is 24.2 Å². The van der Waals surface area contributed by atoms with E-state index in [0.717, 1.165) is 16.8 Å². The Kier molecular flexibility index (Phi) is 4.89. The van der Waals surface area contributed by atoms with Gasteiger partial charge >= 0.3 is 5.97 Å². The molecule has 1 aliphatic heterocycles. The Labute approximate surface area is 152 Å². The number of hydrogen-bond acceptors (Lipinski definition) is 4. The molecule has 0 aromatic heterocycles. The third-order valence-electron chi connectivity index (χ3n) is 4.65. The van der Waals surface area contributed by atoms with Crippen LogP contribution >= 0.6 is 0 Å². The molecular weight excluding hydrogens is 330 g/mol. The normalized spacial score (nSPS) is 16.7. The first-order valence-electron chi connectivity index (χ1n) is 8.56. The maximum Gasteiger partial charge on any atom is 0.316 e. The number of benzene rings is 2. The van der Waals surface area contributed by atoms with Crippen LogP contribution in [0.5, 0.6) is 5.75 Å². The zero-order chi connectivity index (χ0) is 18.8. The van der Waals surface area contributed by atoms with Gasteiger partial charge in [-0.15, -0.1) is 0 Å². The summed E-state index contributed by atoms with van der Waals surface area (Å²) in [5, 5.41) is 0. The number of aryl methyl sites for hydroxylation is 2. The number of rotatable bonds is 4. The van der Waals surface area contributed by atoms with Crippen LogP contribution in [0.1, 0.15) is 34.8 Å². The Morgan fingerprint density at radius 2 is 1.65 bits per heavy atom. The van der Waals surface area contributed by atoms with E-state index in [-0.39, 0.29) is 18.1 Å². The first-order chi connectivity index (χ1) is 12.4. The molecule has 2 aromatic carbocycles. The van der Waals surface area contributed by atoms with E-state index in [9.17, 15) is 14.4 Å². The number of carbonyl (C=O) groups is 3. The van der Waals surface area contributed by atoms with Crippen molar-refractivity contribution in [2.24, 2.45) is 5.92 Å². The highest BCUT2D eigenvalue weighted by Crippen LogP contribution is 2.31. The number of esters is 1. The van der Waals surface area contributed by atoms with Gasteiger partial charge in [-0.05, 0) is 56.2 Å². The Bertz CT molecular complexity index is 850. The quantitative estimate of drug-likeness (QED) is 0.481. The van der Waals surface area contributed by atoms with Crippen LogP contribution in [0.2, 0.25) is 0 Å². The molecule has 0 saturated carbocycles. The number of Topliss-reactive ketones (excluding diaryl/α,β-unsaturated/α-hetero) is 1. The summed E-state index contributed by atoms with van der Waals surface area (Å²) in [5.41, 5.74) is 3.44. The highest BCUT2D eigenvalue weighted by atomic mass is 16.5. The largest absolute Gasteiger partial charge is 0.426 e. The SMILES string of the molecule is CC(=O)c1ccc(OC(=O)[C@@H]2CC(=O)N(c3c(C)cccc3C)C2)cc1. The van der Waals surface area contributed by atoms with Crippen LogP contribution in [0.25, 0.3) is 0 Å². The number of hydrogen-bond donors (Lipinski definition) is 0. The van der Waals surface area contributed by atoms with Crippen molar-refractivity contribution < 1.29 is 19.1 Å². The van der Waals surface area contributed by atoms with Gasteiger partial charge in [0.25, 0.3) is 0 Å². The zero-order valence-electron chi connectivity index (χ0n) is 15.1. The molecule has 1 amide bonds. The number of nitrogens with zero attached hydrogens (tertiary/aromatic N) is 1. The molecule has 1 heterocycles. The van der Waals surface area contributed by atoms with Crippen LogP contribution in [0.4, 0.5) is 5.69 Å². The number of amides is 1. The van der Waals surface area contributed by atoms with Crippen molar-refractivity contribution in [2.45, 2.75) is 27.2 Å². The molecule has 0 N–H and O–H groups in total. The molecule has 0 bridgehead atoms. The summed E-state index contributed by atoms with van der Waals surface area (Å²) in [6, 6.07) is 12.3. The summed E-state index contributed by atoms with van der Waals surface area (Å²) in [6.45, 7) is 5.71. The lowest BCUT2D eigenvalue weighted by atomic mass is 10.1. The predicted molar refractivity (Wildman–Crippen MR) is 98.5 cm³/mol. The molecule has 5 heteroatoms. The molecule has 0 spiro atoms. The standard InChI is InChI=1S/C21H21NO4/c1-13-5-4-6-14(2)20(13)22-12-17(11-19(22)24)21(25)26-18-9-7-16(8-10-18)15(3)23/h4-10,17H,11-12H2,1-3H3/t17-/m1/s1. The Morgan fingerprint density at radius 1 is 1.04 bits per heavy atom. The van der Waals surface area contributed by atoms with Crippen LogP contribution in [0.15, 0.2) is 42.5 Å². The summed E-state index contributed by atoms with van der Waals surface area (Å²) in [4.78, 5) is 37.9. The second-order valence-corrected chi connectivity index (χ2v) is 6.65. The van der Waals surface area contributed by atoms with Crippen molar-refractivity contribution in [3.63, 3.8) is 0 Å². The van der Waals surface area contributed by atoms with Crippen molar-refractivity contribution in [2.75, 3.05) is 11.4 Å². The average Bonchev–Trinajstić information content (AvgIpc) is 2.97. The molecule has 1 atom stereocenters. The van der Waals surface area contributed by atoms with E-state index in [1.165, 1.54) is 6.92 Å². The van der Waals surface area contributed by atoms with E-state index in [0.29, 0.717) is 17.9 Å². The highest BCUT2D eigenvalue weighted by molar-refractivity contribution is 6.01. The number of ether oxygens (including phenoxy) is 1. The molecule has 0 radical (unpaired) electrons. The van der Waals surface area contributed by atoms with Crippen LogP contribution in [0.3, 0.4) is 0 Å². The first-order valence-corrected chi connectivity index (χ1v) is 8.56. The van der Waals surface area contributed by atoms with Gasteiger partial charge in [-0.25, -0.2) is 0 Å². The molecular formula is C21H21NO4. The number of carbonyl (C=O) groups excluding carboxylic acids is 3. The van der Waals surface area contributed by atoms with E-state index < -0.39 is 11.9 Å². The summed E-state index contributed by atoms with van der Waals surface area (Å²) in [7, 11) is 0. The van der Waals surface area contributed by atoms with Crippen LogP contribution in [-0.2, 0) is 9.59 Å². The second-order valence-electron chi connectivity index (χ2n) is 6.65. The number of para-hydroxylation sites is 1. The zero-order valence-corrected chi connectivity index (χ0v) is 15.1. The molecule has 0 unspecified atom stereocenters. The topological polar surface area (TPSA) is 63.7 Å². The maximum atomic E-state index is 12.5. The second kappa shape index (κ2) is 7.12. The van der Waals surface area contributed by atoms with Gasteiger partial charge in [0.1, 0.15) is 5.75 Å². The van der Waals surface area contributed by atoms with Gasteiger partial charge < -0.3 is 9.64 Å². The van der Waals surface area contributed by atoms with E-state index in [4.69, 9.17) is 4.74 Å². The van der Waals surface area contributed by atoms with Gasteiger partial charge in [-0.2, -0.15) is 0 Å². The van der Waals surface area contributed by atoms with Crippen molar-refractivity contribution in [3.8, 4) is 5.75 Å². The third-order valence-corrected chi connectivity index (χ3v) is 4.65. The lowest BCUT2D eigenvalue weighted by molar-refractivity contribution is -0.139. The molecule has 134 valence electrons. The molecule has 1 aliphatic rings. The molecule has 3 rings (SSSR count). The minimum Gasteiger partial charge on any atom is -0.426 e. The van der Waals surface area contributed by atoms with Gasteiger partial charge in [0.05, 0.1) is 5.92 Å². The van der Waals surface area contributed by atoms with E-state index in [1.807, 2.05) is 32.0 Å². The van der Waals surface area contributed by atoms with Gasteiger partial charge in [0.15, 0.2) is 5.78 Å². The molecule has 0 aliphatic carbocycles. The molecule has 5 nitrogen and oxygen atoms in total. The number of anilines is 1. The summed E-state index contributed by atoms with van der Waals surface area (Å²) >= 11 is 0. The Morgan fingerprint density at radius 3 is 2.23 bits per heavy atom. The van der Waals surface area contributed by atoms with Crippen molar-refractivity contribution in [1.29, 1.82) is 0 Å². The van der Waals surface area contributed by atoms with E-state index in [1.54, 1.807) is 29.2 Å². The smallest absolute Gasteiger partial charge is 0.316 e. The average molecular weight is 351 g/mol. The molecule has 26 heavy (non-hydrogen) atoms. The summed E-state index contributed by atoms with van der Waals surface area (Å²) < 4.78 is 5.40. The van der Waals surface area contributed by atoms with Gasteiger partial charge in [-0.1, -0.05) is 18.2 Å². The minimum atomic E-state index is -0.506. The van der Waals surface area contributed by atoms with Crippen LogP contribution < -0.4 is 9.64 Å². The maximum absolute atomic E-state index is 12.5. The first kappa shape index (κ1) is 17.9. The van der Waals surface area contributed by atoms with Gasteiger partial charge in [0.2, 0.25) is 5.91 Å². The fourth-order valence-corrected chi connectivity index (χ4v) is 3.27. The fourth-order valence-electron chi connectivity index (χ4n) is 3.27. The van der Waals surface area contributed by atoms with E-state index >= 15 is 0 Å². The van der Waals surface area contributed by atoms with Crippen molar-refractivity contribution in [1.82, 2.24) is 0 Å². The van der Waals surface area contributed by atoms with E-state index in [2.05, 4.69) is 0 Å². The highest BCUT2D eigenvalue weighted by Gasteiger charge is 2.37. The summed E-state index contributed by atoms with van der Waals surface area (Å²) in [5.74, 6) is -0.681. The van der Waals surface area contributed by atoms with Crippen molar-refractivity contribution >= 4 is 23.3 Å².